The van der Waals surface area contributed by atoms with E-state index < -0.39 is 0 Å². The summed E-state index contributed by atoms with van der Waals surface area (Å²) in [6, 6.07) is 10.7. The Bertz CT molecular complexity index is 410. The molecule has 3 heteroatoms. The smallest absolute Gasteiger partial charge is 0.130 e. The fourth-order valence-electron chi connectivity index (χ4n) is 2.87. The summed E-state index contributed by atoms with van der Waals surface area (Å²) >= 11 is 0. The normalized spacial score (nSPS) is 27.6. The predicted octanol–water partition coefficient (Wildman–Crippen LogP) is 1.99. The number of epoxide rings is 2. The highest BCUT2D eigenvalue weighted by Crippen LogP contribution is 2.25. The van der Waals surface area contributed by atoms with E-state index in [1.54, 1.807) is 0 Å². The van der Waals surface area contributed by atoms with Crippen molar-refractivity contribution in [1.82, 2.24) is 0 Å². The van der Waals surface area contributed by atoms with Gasteiger partial charge >= 0.3 is 0 Å². The van der Waals surface area contributed by atoms with Crippen LogP contribution in [-0.2, 0) is 16.0 Å². The molecule has 3 rings (SSSR count). The van der Waals surface area contributed by atoms with E-state index in [1.165, 1.54) is 5.56 Å². The first-order valence-corrected chi connectivity index (χ1v) is 7.03. The summed E-state index contributed by atoms with van der Waals surface area (Å²) in [5.41, 5.74) is 1.38. The standard InChI is InChI=1S/C16H22NO2/c1-2-8-17(10-15-12-18-15,11-16-13-19-16)9-14-6-4-3-5-7-14/h2-7,15-16H,1,8-13H2/q+1. The average Bonchev–Trinajstić information content (AvgIpc) is 3.28. The molecule has 0 aliphatic carbocycles. The molecule has 19 heavy (non-hydrogen) atoms. The van der Waals surface area contributed by atoms with Crippen LogP contribution in [0, 0.1) is 0 Å². The Kier molecular flexibility index (Phi) is 3.69. The van der Waals surface area contributed by atoms with Crippen LogP contribution in [0.5, 0.6) is 0 Å². The maximum absolute atomic E-state index is 5.46. The molecule has 2 aliphatic rings. The molecule has 0 radical (unpaired) electrons. The zero-order valence-corrected chi connectivity index (χ0v) is 11.3. The van der Waals surface area contributed by atoms with Crippen LogP contribution in [0.1, 0.15) is 5.56 Å². The van der Waals surface area contributed by atoms with Crippen LogP contribution in [0.25, 0.3) is 0 Å². The van der Waals surface area contributed by atoms with Gasteiger partial charge in [-0.3, -0.25) is 0 Å². The van der Waals surface area contributed by atoms with E-state index in [0.717, 1.165) is 43.9 Å². The molecule has 1 aromatic carbocycles. The van der Waals surface area contributed by atoms with Gasteiger partial charge in [0, 0.05) is 5.56 Å². The monoisotopic (exact) mass is 260 g/mol. The maximum Gasteiger partial charge on any atom is 0.130 e. The number of ether oxygens (including phenoxy) is 2. The number of quaternary nitrogens is 1. The zero-order chi connectivity index (χ0) is 13.1. The van der Waals surface area contributed by atoms with Gasteiger partial charge in [0.05, 0.1) is 19.8 Å². The van der Waals surface area contributed by atoms with Gasteiger partial charge in [-0.25, -0.2) is 0 Å². The van der Waals surface area contributed by atoms with E-state index in [1.807, 2.05) is 6.08 Å². The molecule has 102 valence electrons. The minimum Gasteiger partial charge on any atom is -0.367 e. The van der Waals surface area contributed by atoms with Gasteiger partial charge in [0.25, 0.3) is 0 Å². The van der Waals surface area contributed by atoms with Crippen LogP contribution in [-0.4, -0.2) is 49.5 Å². The number of hydrogen-bond donors (Lipinski definition) is 0. The molecule has 0 spiro atoms. The van der Waals surface area contributed by atoms with Crippen LogP contribution >= 0.6 is 0 Å². The Labute approximate surface area is 115 Å². The van der Waals surface area contributed by atoms with E-state index in [0.29, 0.717) is 12.2 Å². The highest BCUT2D eigenvalue weighted by molar-refractivity contribution is 5.13. The van der Waals surface area contributed by atoms with Gasteiger partial charge in [0.15, 0.2) is 0 Å². The highest BCUT2D eigenvalue weighted by Gasteiger charge is 2.41. The molecule has 2 fully saturated rings. The quantitative estimate of drug-likeness (QED) is 0.406. The fraction of sp³-hybridized carbons (Fsp3) is 0.500. The first-order valence-electron chi connectivity index (χ1n) is 7.03. The number of hydrogen-bond acceptors (Lipinski definition) is 2. The maximum atomic E-state index is 5.46. The van der Waals surface area contributed by atoms with Crippen molar-refractivity contribution in [2.75, 3.05) is 32.8 Å². The van der Waals surface area contributed by atoms with E-state index in [-0.39, 0.29) is 0 Å². The summed E-state index contributed by atoms with van der Waals surface area (Å²) in [7, 11) is 0. The van der Waals surface area contributed by atoms with Gasteiger partial charge in [-0.05, 0) is 6.08 Å². The average molecular weight is 260 g/mol. The minimum absolute atomic E-state index is 0.433. The van der Waals surface area contributed by atoms with Crippen LogP contribution in [0.4, 0.5) is 0 Å². The molecule has 0 bridgehead atoms. The van der Waals surface area contributed by atoms with Crippen molar-refractivity contribution < 1.29 is 14.0 Å². The first kappa shape index (κ1) is 12.9. The summed E-state index contributed by atoms with van der Waals surface area (Å²) in [6.07, 6.45) is 2.90. The lowest BCUT2D eigenvalue weighted by molar-refractivity contribution is -0.936. The summed E-state index contributed by atoms with van der Waals surface area (Å²) in [4.78, 5) is 0. The Morgan fingerprint density at radius 2 is 1.68 bits per heavy atom. The second kappa shape index (κ2) is 5.45. The van der Waals surface area contributed by atoms with Crippen molar-refractivity contribution in [2.24, 2.45) is 0 Å². The van der Waals surface area contributed by atoms with Crippen molar-refractivity contribution in [3.8, 4) is 0 Å². The van der Waals surface area contributed by atoms with Crippen molar-refractivity contribution in [2.45, 2.75) is 18.8 Å². The van der Waals surface area contributed by atoms with Crippen molar-refractivity contribution >= 4 is 0 Å². The van der Waals surface area contributed by atoms with Gasteiger partial charge in [-0.2, -0.15) is 0 Å². The van der Waals surface area contributed by atoms with E-state index >= 15 is 0 Å². The van der Waals surface area contributed by atoms with Crippen molar-refractivity contribution in [3.63, 3.8) is 0 Å². The largest absolute Gasteiger partial charge is 0.367 e. The molecule has 1 aromatic rings. The lowest BCUT2D eigenvalue weighted by Crippen LogP contribution is -2.52. The van der Waals surface area contributed by atoms with E-state index in [9.17, 15) is 0 Å². The number of benzene rings is 1. The summed E-state index contributed by atoms with van der Waals surface area (Å²) in [5.74, 6) is 0. The molecule has 0 N–H and O–H groups in total. The lowest BCUT2D eigenvalue weighted by Gasteiger charge is -2.37. The van der Waals surface area contributed by atoms with Gasteiger partial charge in [-0.1, -0.05) is 36.9 Å². The van der Waals surface area contributed by atoms with Crippen molar-refractivity contribution in [1.29, 1.82) is 0 Å². The van der Waals surface area contributed by atoms with Crippen LogP contribution in [0.2, 0.25) is 0 Å². The summed E-state index contributed by atoms with van der Waals surface area (Å²) in [6.45, 7) is 9.93. The lowest BCUT2D eigenvalue weighted by atomic mass is 10.1. The first-order chi connectivity index (χ1) is 9.30. The molecule has 2 atom stereocenters. The second-order valence-corrected chi connectivity index (χ2v) is 5.73. The molecular formula is C16H22NO2+. The van der Waals surface area contributed by atoms with E-state index in [2.05, 4.69) is 36.9 Å². The Morgan fingerprint density at radius 1 is 1.11 bits per heavy atom. The fourth-order valence-corrected chi connectivity index (χ4v) is 2.87. The zero-order valence-electron chi connectivity index (χ0n) is 11.3. The van der Waals surface area contributed by atoms with Gasteiger partial charge in [0.2, 0.25) is 0 Å². The van der Waals surface area contributed by atoms with Crippen LogP contribution in [0.15, 0.2) is 43.0 Å². The minimum atomic E-state index is 0.433. The van der Waals surface area contributed by atoms with Gasteiger partial charge in [-0.15, -0.1) is 0 Å². The van der Waals surface area contributed by atoms with Gasteiger partial charge in [0.1, 0.15) is 31.8 Å². The third-order valence-electron chi connectivity index (χ3n) is 3.86. The molecule has 2 heterocycles. The third kappa shape index (κ3) is 3.66. The molecule has 2 unspecified atom stereocenters. The third-order valence-corrected chi connectivity index (χ3v) is 3.86. The van der Waals surface area contributed by atoms with Gasteiger partial charge < -0.3 is 14.0 Å². The Balaban J connectivity index is 1.76. The Hall–Kier alpha value is -1.16. The molecule has 2 aliphatic heterocycles. The number of rotatable bonds is 8. The summed E-state index contributed by atoms with van der Waals surface area (Å²) < 4.78 is 11.9. The van der Waals surface area contributed by atoms with Crippen LogP contribution < -0.4 is 0 Å². The molecule has 0 aromatic heterocycles. The predicted molar refractivity (Wildman–Crippen MR) is 74.7 cm³/mol. The second-order valence-electron chi connectivity index (χ2n) is 5.73. The molecule has 2 saturated heterocycles. The molecule has 0 saturated carbocycles. The highest BCUT2D eigenvalue weighted by atomic mass is 16.6. The topological polar surface area (TPSA) is 25.1 Å². The SMILES string of the molecule is C=CC[N+](Cc1ccccc1)(CC1CO1)CC1CO1. The molecular weight excluding hydrogens is 238 g/mol. The van der Waals surface area contributed by atoms with Crippen LogP contribution in [0.3, 0.4) is 0 Å². The van der Waals surface area contributed by atoms with E-state index in [4.69, 9.17) is 9.47 Å². The molecule has 3 nitrogen and oxygen atoms in total. The summed E-state index contributed by atoms with van der Waals surface area (Å²) in [5, 5.41) is 0. The Morgan fingerprint density at radius 3 is 2.16 bits per heavy atom. The van der Waals surface area contributed by atoms with Crippen molar-refractivity contribution in [3.05, 3.63) is 48.6 Å². The number of nitrogens with zero attached hydrogens (tertiary/aromatic N) is 1. The molecule has 0 amide bonds.